The largest absolute Gasteiger partial charge is 0.455 e. The van der Waals surface area contributed by atoms with Crippen molar-refractivity contribution in [1.29, 1.82) is 0 Å². The van der Waals surface area contributed by atoms with Crippen molar-refractivity contribution in [2.24, 2.45) is 17.0 Å². The molecule has 0 aromatic heterocycles. The predicted molar refractivity (Wildman–Crippen MR) is 106 cm³/mol. The van der Waals surface area contributed by atoms with Gasteiger partial charge in [0, 0.05) is 6.54 Å². The Morgan fingerprint density at radius 3 is 2.36 bits per heavy atom. The fraction of sp³-hybridized carbons (Fsp3) is 0.600. The van der Waals surface area contributed by atoms with Crippen molar-refractivity contribution in [3.8, 4) is 0 Å². The molecule has 1 aliphatic carbocycles. The highest BCUT2D eigenvalue weighted by molar-refractivity contribution is 7.89. The molecule has 0 heterocycles. The van der Waals surface area contributed by atoms with Crippen LogP contribution in [0.1, 0.15) is 57.4 Å². The fourth-order valence-corrected chi connectivity index (χ4v) is 4.00. The number of hydrogen-bond acceptors (Lipinski definition) is 5. The third-order valence-electron chi connectivity index (χ3n) is 5.23. The number of rotatable bonds is 9. The van der Waals surface area contributed by atoms with E-state index >= 15 is 0 Å². The molecule has 28 heavy (non-hydrogen) atoms. The van der Waals surface area contributed by atoms with Gasteiger partial charge < -0.3 is 10.1 Å². The average molecular weight is 411 g/mol. The van der Waals surface area contributed by atoms with Gasteiger partial charge in [0.1, 0.15) is 0 Å². The summed E-state index contributed by atoms with van der Waals surface area (Å²) in [6, 6.07) is 5.91. The lowest BCUT2D eigenvalue weighted by molar-refractivity contribution is -0.153. The van der Waals surface area contributed by atoms with Crippen molar-refractivity contribution in [2.75, 3.05) is 6.61 Å². The van der Waals surface area contributed by atoms with Crippen molar-refractivity contribution in [3.05, 3.63) is 29.8 Å². The molecular formula is C20H30N2O5S. The lowest BCUT2D eigenvalue weighted by Gasteiger charge is -2.27. The summed E-state index contributed by atoms with van der Waals surface area (Å²) in [4.78, 5) is 24.1. The molecule has 156 valence electrons. The third-order valence-corrected chi connectivity index (χ3v) is 6.16. The van der Waals surface area contributed by atoms with E-state index in [1.165, 1.54) is 31.4 Å². The molecule has 0 unspecified atom stereocenters. The molecule has 2 rings (SSSR count). The smallest absolute Gasteiger partial charge is 0.309 e. The molecule has 1 amide bonds. The van der Waals surface area contributed by atoms with Gasteiger partial charge in [-0.3, -0.25) is 9.59 Å². The topological polar surface area (TPSA) is 116 Å². The molecule has 1 aliphatic rings. The standard InChI is InChI=1S/C20H30N2O5S/c1-2-3-4-15-5-9-17(10-6-15)20(24)27-14-19(23)22-13-16-7-11-18(12-8-16)28(21,25)26/h7-8,11-12,15,17H,2-6,9-10,13-14H2,1H3,(H,22,23)(H2,21,25,26). The van der Waals surface area contributed by atoms with E-state index in [4.69, 9.17) is 9.88 Å². The molecule has 0 atom stereocenters. The number of nitrogens with one attached hydrogen (secondary N) is 1. The summed E-state index contributed by atoms with van der Waals surface area (Å²) in [6.07, 6.45) is 7.47. The molecule has 0 aliphatic heterocycles. The second-order valence-corrected chi connectivity index (χ2v) is 8.99. The van der Waals surface area contributed by atoms with Gasteiger partial charge in [-0.1, -0.05) is 38.3 Å². The quantitative estimate of drug-likeness (QED) is 0.607. The Labute approximate surface area is 167 Å². The number of ether oxygens (including phenoxy) is 1. The van der Waals surface area contributed by atoms with Gasteiger partial charge in [0.2, 0.25) is 10.0 Å². The second-order valence-electron chi connectivity index (χ2n) is 7.43. The summed E-state index contributed by atoms with van der Waals surface area (Å²) in [7, 11) is -3.73. The Bertz CT molecular complexity index is 753. The van der Waals surface area contributed by atoms with Crippen LogP contribution < -0.4 is 10.5 Å². The molecule has 0 spiro atoms. The summed E-state index contributed by atoms with van der Waals surface area (Å²) in [5, 5.41) is 7.69. The van der Waals surface area contributed by atoms with Crippen LogP contribution in [0.2, 0.25) is 0 Å². The lowest BCUT2D eigenvalue weighted by Crippen LogP contribution is -2.31. The highest BCUT2D eigenvalue weighted by atomic mass is 32.2. The van der Waals surface area contributed by atoms with Gasteiger partial charge >= 0.3 is 5.97 Å². The molecule has 1 saturated carbocycles. The molecule has 0 bridgehead atoms. The molecule has 1 aromatic rings. The highest BCUT2D eigenvalue weighted by Crippen LogP contribution is 2.32. The van der Waals surface area contributed by atoms with Crippen molar-refractivity contribution >= 4 is 21.9 Å². The minimum Gasteiger partial charge on any atom is -0.455 e. The number of sulfonamides is 1. The van der Waals surface area contributed by atoms with Gasteiger partial charge in [0.25, 0.3) is 5.91 Å². The number of unbranched alkanes of at least 4 members (excludes halogenated alkanes) is 1. The van der Waals surface area contributed by atoms with Crippen LogP contribution in [-0.2, 0) is 30.9 Å². The first kappa shape index (κ1) is 22.4. The predicted octanol–water partition coefficient (Wildman–Crippen LogP) is 2.49. The maximum Gasteiger partial charge on any atom is 0.309 e. The van der Waals surface area contributed by atoms with Crippen LogP contribution in [0.5, 0.6) is 0 Å². The van der Waals surface area contributed by atoms with Gasteiger partial charge in [-0.25, -0.2) is 13.6 Å². The Morgan fingerprint density at radius 1 is 1.14 bits per heavy atom. The molecule has 7 nitrogen and oxygen atoms in total. The molecule has 0 radical (unpaired) electrons. The van der Waals surface area contributed by atoms with Gasteiger partial charge in [-0.15, -0.1) is 0 Å². The molecule has 8 heteroatoms. The zero-order valence-corrected chi connectivity index (χ0v) is 17.2. The van der Waals surface area contributed by atoms with Gasteiger partial charge in [0.15, 0.2) is 6.61 Å². The van der Waals surface area contributed by atoms with E-state index < -0.39 is 10.0 Å². The number of esters is 1. The maximum absolute atomic E-state index is 12.2. The van der Waals surface area contributed by atoms with E-state index in [-0.39, 0.29) is 35.8 Å². The Hall–Kier alpha value is -1.93. The van der Waals surface area contributed by atoms with Crippen molar-refractivity contribution in [3.63, 3.8) is 0 Å². The van der Waals surface area contributed by atoms with Crippen LogP contribution >= 0.6 is 0 Å². The van der Waals surface area contributed by atoms with E-state index in [2.05, 4.69) is 12.2 Å². The summed E-state index contributed by atoms with van der Waals surface area (Å²) in [6.45, 7) is 2.10. The van der Waals surface area contributed by atoms with Crippen LogP contribution in [0.3, 0.4) is 0 Å². The van der Waals surface area contributed by atoms with Crippen molar-refractivity contribution < 1.29 is 22.7 Å². The molecule has 0 saturated heterocycles. The Kier molecular flexibility index (Phi) is 8.44. The number of nitrogens with two attached hydrogens (primary N) is 1. The van der Waals surface area contributed by atoms with E-state index in [1.807, 2.05) is 0 Å². The zero-order chi connectivity index (χ0) is 20.6. The summed E-state index contributed by atoms with van der Waals surface area (Å²) in [5.41, 5.74) is 0.720. The Morgan fingerprint density at radius 2 is 1.79 bits per heavy atom. The van der Waals surface area contributed by atoms with E-state index in [0.29, 0.717) is 5.92 Å². The number of carbonyl (C=O) groups excluding carboxylic acids is 2. The number of amides is 1. The number of hydrogen-bond donors (Lipinski definition) is 2. The minimum absolute atomic E-state index is 0.0147. The molecule has 3 N–H and O–H groups in total. The first-order chi connectivity index (χ1) is 13.3. The number of primary sulfonamides is 1. The summed E-state index contributed by atoms with van der Waals surface area (Å²) in [5.74, 6) is -0.0634. The van der Waals surface area contributed by atoms with E-state index in [0.717, 1.165) is 31.2 Å². The average Bonchev–Trinajstić information content (AvgIpc) is 2.69. The first-order valence-corrected chi connectivity index (χ1v) is 11.4. The zero-order valence-electron chi connectivity index (χ0n) is 16.4. The van der Waals surface area contributed by atoms with Gasteiger partial charge in [0.05, 0.1) is 10.8 Å². The van der Waals surface area contributed by atoms with Crippen LogP contribution in [-0.4, -0.2) is 26.9 Å². The highest BCUT2D eigenvalue weighted by Gasteiger charge is 2.27. The lowest BCUT2D eigenvalue weighted by atomic mass is 9.80. The number of benzene rings is 1. The third kappa shape index (κ3) is 7.24. The molecule has 1 aromatic carbocycles. The molecule has 1 fully saturated rings. The Balaban J connectivity index is 1.67. The minimum atomic E-state index is -3.73. The second kappa shape index (κ2) is 10.6. The molecular weight excluding hydrogens is 380 g/mol. The van der Waals surface area contributed by atoms with Crippen molar-refractivity contribution in [2.45, 2.75) is 63.3 Å². The van der Waals surface area contributed by atoms with Crippen LogP contribution in [0, 0.1) is 11.8 Å². The fourth-order valence-electron chi connectivity index (χ4n) is 3.48. The first-order valence-electron chi connectivity index (χ1n) is 9.84. The summed E-state index contributed by atoms with van der Waals surface area (Å²) >= 11 is 0. The SMILES string of the molecule is CCCCC1CCC(C(=O)OCC(=O)NCc2ccc(S(N)(=O)=O)cc2)CC1. The van der Waals surface area contributed by atoms with Gasteiger partial charge in [-0.2, -0.15) is 0 Å². The van der Waals surface area contributed by atoms with Crippen LogP contribution in [0.15, 0.2) is 29.2 Å². The van der Waals surface area contributed by atoms with Crippen molar-refractivity contribution in [1.82, 2.24) is 5.32 Å². The number of carbonyl (C=O) groups is 2. The van der Waals surface area contributed by atoms with E-state index in [1.54, 1.807) is 12.1 Å². The van der Waals surface area contributed by atoms with Crippen LogP contribution in [0.25, 0.3) is 0 Å². The monoisotopic (exact) mass is 410 g/mol. The normalized spacial score (nSPS) is 19.8. The summed E-state index contributed by atoms with van der Waals surface area (Å²) < 4.78 is 27.6. The maximum atomic E-state index is 12.2. The van der Waals surface area contributed by atoms with Crippen LogP contribution in [0.4, 0.5) is 0 Å². The van der Waals surface area contributed by atoms with E-state index in [9.17, 15) is 18.0 Å². The van der Waals surface area contributed by atoms with Gasteiger partial charge in [-0.05, 0) is 49.3 Å².